The highest BCUT2D eigenvalue weighted by atomic mass is 79.9. The van der Waals surface area contributed by atoms with Crippen molar-refractivity contribution in [3.05, 3.63) is 63.2 Å². The second-order valence-corrected chi connectivity index (χ2v) is 5.55. The van der Waals surface area contributed by atoms with Crippen molar-refractivity contribution >= 4 is 32.5 Å². The van der Waals surface area contributed by atoms with Gasteiger partial charge in [0, 0.05) is 22.1 Å². The molecule has 116 valence electrons. The Labute approximate surface area is 141 Å². The number of rotatable bonds is 4. The molecule has 0 fully saturated rings. The van der Waals surface area contributed by atoms with E-state index in [0.717, 1.165) is 4.47 Å². The number of nitro benzene ring substituents is 1. The van der Waals surface area contributed by atoms with E-state index in [1.54, 1.807) is 12.1 Å². The number of halogens is 1. The molecule has 0 spiro atoms. The number of aromatic nitrogens is 1. The molecule has 0 aliphatic rings. The van der Waals surface area contributed by atoms with E-state index in [9.17, 15) is 10.1 Å². The molecule has 0 aliphatic heterocycles. The van der Waals surface area contributed by atoms with Crippen LogP contribution in [0.4, 0.5) is 5.69 Å². The summed E-state index contributed by atoms with van der Waals surface area (Å²) in [6.45, 7) is 0. The zero-order valence-corrected chi connectivity index (χ0v) is 13.5. The van der Waals surface area contributed by atoms with Gasteiger partial charge in [0.15, 0.2) is 0 Å². The molecular weight excluding hydrogens is 364 g/mol. The van der Waals surface area contributed by atoms with Gasteiger partial charge in [0.05, 0.1) is 31.1 Å². The molecule has 3 aromatic rings. The van der Waals surface area contributed by atoms with Gasteiger partial charge in [0.25, 0.3) is 5.69 Å². The quantitative estimate of drug-likeness (QED) is 0.487. The minimum atomic E-state index is -0.521. The number of nitrogens with zero attached hydrogens (tertiary/aromatic N) is 2. The fraction of sp³-hybridized carbons (Fsp3) is 0.0625. The Bertz CT molecular complexity index is 949. The first-order valence-electron chi connectivity index (χ1n) is 7.04. The summed E-state index contributed by atoms with van der Waals surface area (Å²) in [5.74, 6) is 0.937. The Balaban J connectivity index is 2.11. The van der Waals surface area contributed by atoms with Crippen LogP contribution in [0.2, 0.25) is 0 Å². The monoisotopic (exact) mass is 375 g/mol. The van der Waals surface area contributed by atoms with Crippen molar-refractivity contribution in [2.75, 3.05) is 7.11 Å². The van der Waals surface area contributed by atoms with Crippen LogP contribution in [0.15, 0.2) is 53.1 Å². The van der Waals surface area contributed by atoms with Crippen molar-refractivity contribution in [2.45, 2.75) is 0 Å². The van der Waals surface area contributed by atoms with E-state index in [-0.39, 0.29) is 17.6 Å². The van der Waals surface area contributed by atoms with Gasteiger partial charge in [-0.1, -0.05) is 15.9 Å². The second kappa shape index (κ2) is 6.21. The molecule has 0 saturated heterocycles. The topological polar surface area (TPSA) is 74.5 Å². The maximum Gasteiger partial charge on any atom is 0.276 e. The van der Waals surface area contributed by atoms with Crippen LogP contribution in [0.25, 0.3) is 10.9 Å². The van der Waals surface area contributed by atoms with Crippen molar-refractivity contribution < 1.29 is 15.8 Å². The van der Waals surface area contributed by atoms with Crippen LogP contribution >= 0.6 is 15.9 Å². The van der Waals surface area contributed by atoms with Gasteiger partial charge in [-0.2, -0.15) is 0 Å². The van der Waals surface area contributed by atoms with Crippen molar-refractivity contribution in [1.29, 1.82) is 0 Å². The largest absolute Gasteiger partial charge is 0.496 e. The summed E-state index contributed by atoms with van der Waals surface area (Å²) in [5.41, 5.74) is 0.452. The summed E-state index contributed by atoms with van der Waals surface area (Å²) < 4.78 is 19.5. The Morgan fingerprint density at radius 1 is 1.22 bits per heavy atom. The Morgan fingerprint density at radius 3 is 2.74 bits per heavy atom. The van der Waals surface area contributed by atoms with E-state index in [2.05, 4.69) is 20.9 Å². The summed E-state index contributed by atoms with van der Waals surface area (Å²) in [4.78, 5) is 14.6. The number of hydrogen-bond acceptors (Lipinski definition) is 5. The van der Waals surface area contributed by atoms with Gasteiger partial charge < -0.3 is 9.47 Å². The van der Waals surface area contributed by atoms with E-state index >= 15 is 0 Å². The highest BCUT2D eigenvalue weighted by Crippen LogP contribution is 2.34. The summed E-state index contributed by atoms with van der Waals surface area (Å²) >= 11 is 3.38. The van der Waals surface area contributed by atoms with Crippen LogP contribution in [0.1, 0.15) is 1.37 Å². The molecule has 0 atom stereocenters. The lowest BCUT2D eigenvalue weighted by Gasteiger charge is -2.10. The van der Waals surface area contributed by atoms with Gasteiger partial charge in [-0.05, 0) is 24.3 Å². The molecule has 7 heteroatoms. The number of ether oxygens (including phenoxy) is 2. The molecule has 0 bridgehead atoms. The fourth-order valence-corrected chi connectivity index (χ4v) is 2.45. The summed E-state index contributed by atoms with van der Waals surface area (Å²) in [6.07, 6.45) is 0.0391. The van der Waals surface area contributed by atoms with Crippen LogP contribution in [0.5, 0.6) is 17.2 Å². The number of non-ortho nitro benzene ring substituents is 1. The number of benzene rings is 2. The summed E-state index contributed by atoms with van der Waals surface area (Å²) in [5, 5.41) is 11.7. The average molecular weight is 376 g/mol. The maximum absolute atomic E-state index is 11.0. The Kier molecular flexibility index (Phi) is 3.77. The third-order valence-corrected chi connectivity index (χ3v) is 3.64. The van der Waals surface area contributed by atoms with Crippen molar-refractivity contribution in [3.63, 3.8) is 0 Å². The van der Waals surface area contributed by atoms with Crippen LogP contribution in [0, 0.1) is 10.1 Å². The summed E-state index contributed by atoms with van der Waals surface area (Å²) in [7, 11) is 1.42. The molecule has 1 heterocycles. The Hall–Kier alpha value is -2.67. The first kappa shape index (κ1) is 14.0. The van der Waals surface area contributed by atoms with Crippen LogP contribution in [-0.4, -0.2) is 17.0 Å². The Morgan fingerprint density at radius 2 is 2.00 bits per heavy atom. The lowest BCUT2D eigenvalue weighted by Crippen LogP contribution is -1.93. The molecule has 2 aromatic carbocycles. The van der Waals surface area contributed by atoms with Crippen molar-refractivity contribution in [1.82, 2.24) is 4.98 Å². The number of fused-ring (bicyclic) bond motifs is 1. The minimum absolute atomic E-state index is 0.0391. The van der Waals surface area contributed by atoms with E-state index in [0.29, 0.717) is 22.4 Å². The molecule has 0 N–H and O–H groups in total. The van der Waals surface area contributed by atoms with Crippen molar-refractivity contribution in [3.8, 4) is 17.2 Å². The van der Waals surface area contributed by atoms with Crippen molar-refractivity contribution in [2.24, 2.45) is 0 Å². The predicted octanol–water partition coefficient (Wildman–Crippen LogP) is 4.71. The van der Waals surface area contributed by atoms with E-state index in [1.807, 2.05) is 12.1 Å². The predicted molar refractivity (Wildman–Crippen MR) is 89.2 cm³/mol. The first-order valence-corrected chi connectivity index (χ1v) is 7.34. The lowest BCUT2D eigenvalue weighted by molar-refractivity contribution is -0.385. The van der Waals surface area contributed by atoms with E-state index in [4.69, 9.17) is 10.8 Å². The number of nitro groups is 1. The molecule has 0 amide bonds. The molecule has 1 aromatic heterocycles. The lowest BCUT2D eigenvalue weighted by atomic mass is 10.2. The zero-order valence-electron chi connectivity index (χ0n) is 12.9. The molecule has 6 nitrogen and oxygen atoms in total. The van der Waals surface area contributed by atoms with E-state index < -0.39 is 4.92 Å². The third-order valence-electron chi connectivity index (χ3n) is 3.14. The first-order chi connectivity index (χ1) is 11.5. The molecule has 0 unspecified atom stereocenters. The van der Waals surface area contributed by atoms with Gasteiger partial charge >= 0.3 is 0 Å². The molecule has 0 radical (unpaired) electrons. The molecule has 0 aliphatic carbocycles. The van der Waals surface area contributed by atoms with Crippen LogP contribution < -0.4 is 9.47 Å². The minimum Gasteiger partial charge on any atom is -0.496 e. The summed E-state index contributed by atoms with van der Waals surface area (Å²) in [6, 6.07) is 11.0. The zero-order chi connectivity index (χ0) is 17.3. The van der Waals surface area contributed by atoms with Gasteiger partial charge in [-0.15, -0.1) is 0 Å². The van der Waals surface area contributed by atoms with E-state index in [1.165, 1.54) is 25.3 Å². The highest BCUT2D eigenvalue weighted by Gasteiger charge is 2.13. The fourth-order valence-electron chi connectivity index (χ4n) is 2.09. The number of methoxy groups -OCH3 is 1. The molecule has 3 rings (SSSR count). The maximum atomic E-state index is 11.0. The third kappa shape index (κ3) is 3.24. The molecular formula is C16H11BrN2O4. The second-order valence-electron chi connectivity index (χ2n) is 4.64. The molecule has 0 saturated carbocycles. The normalized spacial score (nSPS) is 11.1. The van der Waals surface area contributed by atoms with Gasteiger partial charge in [-0.3, -0.25) is 15.1 Å². The van der Waals surface area contributed by atoms with Crippen LogP contribution in [-0.2, 0) is 0 Å². The standard InChI is InChI=1S/C16H11BrN2O4/c1-22-12-7-11(19(20)21)8-13(9-12)23-16-4-5-18-15-3-2-10(17)6-14(15)16/h2-9H,1H3/i5D. The SMILES string of the molecule is [2H]c1cc(Oc2cc(OC)cc([N+](=O)[O-])c2)c2cc(Br)ccc2n1. The number of pyridine rings is 1. The smallest absolute Gasteiger partial charge is 0.276 e. The average Bonchev–Trinajstić information content (AvgIpc) is 2.55. The molecule has 23 heavy (non-hydrogen) atoms. The van der Waals surface area contributed by atoms with Crippen LogP contribution in [0.3, 0.4) is 0 Å². The highest BCUT2D eigenvalue weighted by molar-refractivity contribution is 9.10. The van der Waals surface area contributed by atoms with Gasteiger partial charge in [0.2, 0.25) is 0 Å². The number of hydrogen-bond donors (Lipinski definition) is 0. The van der Waals surface area contributed by atoms with Gasteiger partial charge in [-0.25, -0.2) is 0 Å². The van der Waals surface area contributed by atoms with Gasteiger partial charge in [0.1, 0.15) is 17.2 Å².